The quantitative estimate of drug-likeness (QED) is 0.577. The molecule has 0 aliphatic carbocycles. The van der Waals surface area contributed by atoms with E-state index in [0.29, 0.717) is 26.2 Å². The van der Waals surface area contributed by atoms with E-state index in [2.05, 4.69) is 13.8 Å². The SMILES string of the molecule is Cc1cc(OCCCS(C)(=O)=O)cc(C)c1B1OCC(C)(C)CO1. The average Bonchev–Trinajstić information content (AvgIpc) is 2.43. The van der Waals surface area contributed by atoms with Crippen molar-refractivity contribution in [2.24, 2.45) is 5.41 Å². The second-order valence-corrected chi connectivity index (χ2v) is 9.68. The van der Waals surface area contributed by atoms with Gasteiger partial charge in [-0.2, -0.15) is 0 Å². The highest BCUT2D eigenvalue weighted by atomic mass is 32.2. The number of rotatable bonds is 6. The van der Waals surface area contributed by atoms with Crippen molar-refractivity contribution in [2.45, 2.75) is 34.1 Å². The van der Waals surface area contributed by atoms with Gasteiger partial charge in [-0.25, -0.2) is 8.42 Å². The van der Waals surface area contributed by atoms with E-state index in [9.17, 15) is 8.42 Å². The van der Waals surface area contributed by atoms with Crippen molar-refractivity contribution in [2.75, 3.05) is 31.8 Å². The predicted molar refractivity (Wildman–Crippen MR) is 96.8 cm³/mol. The van der Waals surface area contributed by atoms with Crippen LogP contribution in [-0.4, -0.2) is 47.4 Å². The van der Waals surface area contributed by atoms with Gasteiger partial charge in [-0.15, -0.1) is 0 Å². The van der Waals surface area contributed by atoms with Crippen LogP contribution in [0.4, 0.5) is 0 Å². The molecule has 0 N–H and O–H groups in total. The van der Waals surface area contributed by atoms with Gasteiger partial charge >= 0.3 is 7.12 Å². The summed E-state index contributed by atoms with van der Waals surface area (Å²) in [6, 6.07) is 3.91. The van der Waals surface area contributed by atoms with Gasteiger partial charge in [0.15, 0.2) is 0 Å². The molecule has 134 valence electrons. The van der Waals surface area contributed by atoms with E-state index in [-0.39, 0.29) is 18.3 Å². The normalized spacial score (nSPS) is 17.8. The smallest absolute Gasteiger partial charge is 0.494 e. The molecule has 5 nitrogen and oxygen atoms in total. The Hall–Kier alpha value is -1.05. The fraction of sp³-hybridized carbons (Fsp3) is 0.647. The summed E-state index contributed by atoms with van der Waals surface area (Å²) in [5, 5.41) is 0. The van der Waals surface area contributed by atoms with E-state index in [1.54, 1.807) is 0 Å². The predicted octanol–water partition coefficient (Wildman–Crippen LogP) is 1.89. The zero-order valence-corrected chi connectivity index (χ0v) is 16.0. The topological polar surface area (TPSA) is 61.8 Å². The van der Waals surface area contributed by atoms with Crippen LogP contribution in [0.25, 0.3) is 0 Å². The molecule has 24 heavy (non-hydrogen) atoms. The van der Waals surface area contributed by atoms with Crippen LogP contribution in [0.15, 0.2) is 12.1 Å². The van der Waals surface area contributed by atoms with E-state index in [1.165, 1.54) is 6.26 Å². The lowest BCUT2D eigenvalue weighted by Gasteiger charge is -2.34. The summed E-state index contributed by atoms with van der Waals surface area (Å²) in [6.45, 7) is 9.99. The Balaban J connectivity index is 2.01. The monoisotopic (exact) mass is 354 g/mol. The summed E-state index contributed by atoms with van der Waals surface area (Å²) in [6.07, 6.45) is 1.73. The second-order valence-electron chi connectivity index (χ2n) is 7.42. The molecule has 0 atom stereocenters. The standard InChI is InChI=1S/C17H27BO5S/c1-13-9-15(21-7-6-8-24(5,19)20)10-14(2)16(13)18-22-11-17(3,4)12-23-18/h9-10H,6-8,11-12H2,1-5H3. The molecular weight excluding hydrogens is 327 g/mol. The second kappa shape index (κ2) is 7.46. The molecule has 1 fully saturated rings. The highest BCUT2D eigenvalue weighted by Crippen LogP contribution is 2.23. The molecule has 1 aromatic carbocycles. The Morgan fingerprint density at radius 3 is 2.21 bits per heavy atom. The minimum Gasteiger partial charge on any atom is -0.494 e. The first-order valence-electron chi connectivity index (χ1n) is 8.22. The van der Waals surface area contributed by atoms with Crippen molar-refractivity contribution in [3.05, 3.63) is 23.3 Å². The molecule has 1 aromatic rings. The molecule has 0 aromatic heterocycles. The third-order valence-electron chi connectivity index (χ3n) is 3.98. The third-order valence-corrected chi connectivity index (χ3v) is 5.01. The van der Waals surface area contributed by atoms with Crippen LogP contribution in [0.5, 0.6) is 5.75 Å². The van der Waals surface area contributed by atoms with Gasteiger partial charge in [-0.3, -0.25) is 0 Å². The van der Waals surface area contributed by atoms with Gasteiger partial charge in [-0.1, -0.05) is 13.8 Å². The van der Waals surface area contributed by atoms with Crippen LogP contribution < -0.4 is 10.2 Å². The molecule has 1 aliphatic rings. The third kappa shape index (κ3) is 5.50. The van der Waals surface area contributed by atoms with E-state index in [4.69, 9.17) is 14.0 Å². The number of benzene rings is 1. The first kappa shape index (κ1) is 19.3. The maximum absolute atomic E-state index is 11.1. The van der Waals surface area contributed by atoms with Crippen LogP contribution in [0, 0.1) is 19.3 Å². The van der Waals surface area contributed by atoms with Crippen LogP contribution >= 0.6 is 0 Å². The number of ether oxygens (including phenoxy) is 1. The first-order valence-corrected chi connectivity index (χ1v) is 10.3. The summed E-state index contributed by atoms with van der Waals surface area (Å²) < 4.78 is 39.7. The van der Waals surface area contributed by atoms with Crippen molar-refractivity contribution in [3.8, 4) is 5.75 Å². The Bertz CT molecular complexity index is 651. The molecule has 0 saturated carbocycles. The fourth-order valence-corrected chi connectivity index (χ4v) is 3.40. The lowest BCUT2D eigenvalue weighted by atomic mass is 9.71. The first-order chi connectivity index (χ1) is 11.1. The summed E-state index contributed by atoms with van der Waals surface area (Å²) >= 11 is 0. The number of hydrogen-bond donors (Lipinski definition) is 0. The Kier molecular flexibility index (Phi) is 5.99. The van der Waals surface area contributed by atoms with Crippen molar-refractivity contribution in [3.63, 3.8) is 0 Å². The molecule has 0 bridgehead atoms. The van der Waals surface area contributed by atoms with Gasteiger partial charge < -0.3 is 14.0 Å². The number of sulfone groups is 1. The summed E-state index contributed by atoms with van der Waals surface area (Å²) in [5.74, 6) is 0.890. The molecule has 1 saturated heterocycles. The number of hydrogen-bond acceptors (Lipinski definition) is 5. The molecule has 0 spiro atoms. The fourth-order valence-electron chi connectivity index (χ4n) is 2.76. The zero-order valence-electron chi connectivity index (χ0n) is 15.2. The minimum atomic E-state index is -2.94. The molecule has 7 heteroatoms. The van der Waals surface area contributed by atoms with Crippen molar-refractivity contribution >= 4 is 22.4 Å². The highest BCUT2D eigenvalue weighted by Gasteiger charge is 2.35. The van der Waals surface area contributed by atoms with Gasteiger partial charge in [0.1, 0.15) is 15.6 Å². The highest BCUT2D eigenvalue weighted by molar-refractivity contribution is 7.90. The van der Waals surface area contributed by atoms with Gasteiger partial charge in [0.05, 0.1) is 12.4 Å². The van der Waals surface area contributed by atoms with Crippen molar-refractivity contribution < 1.29 is 22.5 Å². The van der Waals surface area contributed by atoms with Crippen LogP contribution in [-0.2, 0) is 19.1 Å². The van der Waals surface area contributed by atoms with E-state index in [1.807, 2.05) is 26.0 Å². The molecule has 0 unspecified atom stereocenters. The average molecular weight is 354 g/mol. The Morgan fingerprint density at radius 1 is 1.17 bits per heavy atom. The van der Waals surface area contributed by atoms with E-state index >= 15 is 0 Å². The Morgan fingerprint density at radius 2 is 1.71 bits per heavy atom. The zero-order chi connectivity index (χ0) is 18.0. The van der Waals surface area contributed by atoms with Gasteiger partial charge in [-0.05, 0) is 49.0 Å². The van der Waals surface area contributed by atoms with Crippen LogP contribution in [0.3, 0.4) is 0 Å². The lowest BCUT2D eigenvalue weighted by molar-refractivity contribution is 0.0342. The molecular formula is C17H27BO5S. The Labute approximate surface area is 145 Å². The maximum atomic E-state index is 11.1. The molecule has 1 heterocycles. The van der Waals surface area contributed by atoms with Gasteiger partial charge in [0, 0.05) is 24.9 Å². The van der Waals surface area contributed by atoms with Crippen molar-refractivity contribution in [1.82, 2.24) is 0 Å². The lowest BCUT2D eigenvalue weighted by Crippen LogP contribution is -2.49. The molecule has 2 rings (SSSR count). The van der Waals surface area contributed by atoms with E-state index < -0.39 is 9.84 Å². The van der Waals surface area contributed by atoms with E-state index in [0.717, 1.165) is 22.3 Å². The van der Waals surface area contributed by atoms with Crippen LogP contribution in [0.1, 0.15) is 31.4 Å². The number of aryl methyl sites for hydroxylation is 2. The van der Waals surface area contributed by atoms with Gasteiger partial charge in [0.25, 0.3) is 0 Å². The van der Waals surface area contributed by atoms with Crippen molar-refractivity contribution in [1.29, 1.82) is 0 Å². The van der Waals surface area contributed by atoms with Crippen LogP contribution in [0.2, 0.25) is 0 Å². The summed E-state index contributed by atoms with van der Waals surface area (Å²) in [5.41, 5.74) is 3.20. The molecule has 0 radical (unpaired) electrons. The largest absolute Gasteiger partial charge is 0.494 e. The summed E-state index contributed by atoms with van der Waals surface area (Å²) in [4.78, 5) is 0. The molecule has 0 amide bonds. The van der Waals surface area contributed by atoms with Gasteiger partial charge in [0.2, 0.25) is 0 Å². The maximum Gasteiger partial charge on any atom is 0.494 e. The summed E-state index contributed by atoms with van der Waals surface area (Å²) in [7, 11) is -3.27. The minimum absolute atomic E-state index is 0.0426. The molecule has 1 aliphatic heterocycles.